The lowest BCUT2D eigenvalue weighted by Gasteiger charge is -2.57. The Morgan fingerprint density at radius 3 is 1.71 bits per heavy atom. The van der Waals surface area contributed by atoms with E-state index in [1.165, 1.54) is 5.56 Å². The summed E-state index contributed by atoms with van der Waals surface area (Å²) < 4.78 is 56.0. The van der Waals surface area contributed by atoms with Crippen LogP contribution >= 0.6 is 0 Å². The first-order valence-corrected chi connectivity index (χ1v) is 37.1. The van der Waals surface area contributed by atoms with Crippen molar-refractivity contribution in [2.24, 2.45) is 0 Å². The van der Waals surface area contributed by atoms with Gasteiger partial charge in [-0.25, -0.2) is 0 Å². The molecule has 55 heavy (non-hydrogen) atoms. The molecule has 0 amide bonds. The summed E-state index contributed by atoms with van der Waals surface area (Å²) in [5, 5.41) is 12.0. The van der Waals surface area contributed by atoms with Crippen molar-refractivity contribution in [3.05, 3.63) is 70.3 Å². The molecule has 3 rings (SSSR count). The molecule has 2 aromatic rings. The second-order valence-corrected chi connectivity index (χ2v) is 42.6. The van der Waals surface area contributed by atoms with Crippen molar-refractivity contribution < 1.29 is 41.4 Å². The highest BCUT2D eigenvalue weighted by Crippen LogP contribution is 2.49. The third kappa shape index (κ3) is 14.7. The Hall–Kier alpha value is -0.836. The normalized spacial score (nSPS) is 23.9. The van der Waals surface area contributed by atoms with Crippen LogP contribution in [0.4, 0.5) is 0 Å². The van der Waals surface area contributed by atoms with Gasteiger partial charge in [0.25, 0.3) is 0 Å². The van der Waals surface area contributed by atoms with E-state index in [-0.39, 0.29) is 6.61 Å². The second-order valence-electron chi connectivity index (χ2n) is 20.3. The molecule has 0 saturated carbocycles. The minimum Gasteiger partial charge on any atom is -0.415 e. The zero-order chi connectivity index (χ0) is 42.0. The number of aryl methyl sites for hydroxylation is 1. The minimum absolute atomic E-state index is 0.196. The molecule has 0 spiro atoms. The Labute approximate surface area is 339 Å². The van der Waals surface area contributed by atoms with E-state index in [1.807, 2.05) is 44.2 Å². The SMILES string of the molecule is CCc1ccc(C(O)c2ccc(COC(C)(C)OC)c(C3(O[Si](C)(C)C)OC(CO[Si](C)(C)C)C(O[Si](C)(C)C)C(O[Si](C)(C)C)C3O[Si](C)(C)C)c2)cc1. The van der Waals surface area contributed by atoms with Crippen LogP contribution in [0.5, 0.6) is 0 Å². The first-order chi connectivity index (χ1) is 24.9. The second kappa shape index (κ2) is 18.2. The van der Waals surface area contributed by atoms with Crippen LogP contribution < -0.4 is 0 Å². The average molecular weight is 853 g/mol. The molecule has 1 aliphatic rings. The van der Waals surface area contributed by atoms with Crippen LogP contribution in [-0.4, -0.2) is 90.6 Å². The summed E-state index contributed by atoms with van der Waals surface area (Å²) in [5.41, 5.74) is 4.30. The lowest BCUT2D eigenvalue weighted by atomic mass is 9.84. The van der Waals surface area contributed by atoms with E-state index in [0.717, 1.165) is 23.1 Å². The third-order valence-corrected chi connectivity index (χ3v) is 13.8. The van der Waals surface area contributed by atoms with Gasteiger partial charge in [-0.3, -0.25) is 0 Å². The molecule has 1 heterocycles. The molecule has 0 radical (unpaired) electrons. The average Bonchev–Trinajstić information content (AvgIpc) is 3.02. The van der Waals surface area contributed by atoms with Crippen molar-refractivity contribution in [1.29, 1.82) is 0 Å². The number of aliphatic hydroxyl groups is 1. The first kappa shape index (κ1) is 48.5. The lowest BCUT2D eigenvalue weighted by Crippen LogP contribution is -2.71. The topological polar surface area (TPSA) is 94.1 Å². The van der Waals surface area contributed by atoms with Gasteiger partial charge in [0.2, 0.25) is 5.79 Å². The summed E-state index contributed by atoms with van der Waals surface area (Å²) in [6, 6.07) is 14.2. The van der Waals surface area contributed by atoms with Crippen molar-refractivity contribution in [2.45, 2.75) is 174 Å². The lowest BCUT2D eigenvalue weighted by molar-refractivity contribution is -0.340. The number of aliphatic hydroxyl groups excluding tert-OH is 1. The van der Waals surface area contributed by atoms with E-state index in [4.69, 9.17) is 36.3 Å². The van der Waals surface area contributed by atoms with Gasteiger partial charge in [0.05, 0.1) is 13.2 Å². The number of benzene rings is 2. The Morgan fingerprint density at radius 2 is 1.24 bits per heavy atom. The Bertz CT molecular complexity index is 1520. The summed E-state index contributed by atoms with van der Waals surface area (Å²) >= 11 is 0. The van der Waals surface area contributed by atoms with Gasteiger partial charge in [0.15, 0.2) is 47.4 Å². The van der Waals surface area contributed by atoms with Crippen LogP contribution in [0.1, 0.15) is 54.7 Å². The van der Waals surface area contributed by atoms with Gasteiger partial charge < -0.3 is 41.4 Å². The molecule has 6 atom stereocenters. The van der Waals surface area contributed by atoms with E-state index < -0.39 is 83.7 Å². The minimum atomic E-state index is -2.50. The monoisotopic (exact) mass is 852 g/mol. The Morgan fingerprint density at radius 1 is 0.709 bits per heavy atom. The van der Waals surface area contributed by atoms with Crippen LogP contribution in [-0.2, 0) is 55.2 Å². The van der Waals surface area contributed by atoms with Crippen LogP contribution in [0.3, 0.4) is 0 Å². The number of rotatable bonds is 19. The summed E-state index contributed by atoms with van der Waals surface area (Å²) in [6.07, 6.45) is -2.30. The van der Waals surface area contributed by atoms with E-state index in [2.05, 4.69) is 117 Å². The fourth-order valence-electron chi connectivity index (χ4n) is 6.50. The Balaban J connectivity index is 2.53. The van der Waals surface area contributed by atoms with E-state index >= 15 is 0 Å². The van der Waals surface area contributed by atoms with Gasteiger partial charge in [0, 0.05) is 12.7 Å². The highest BCUT2D eigenvalue weighted by atomic mass is 28.4. The van der Waals surface area contributed by atoms with Gasteiger partial charge in [-0.05, 0) is 147 Å². The molecule has 9 nitrogen and oxygen atoms in total. The quantitative estimate of drug-likeness (QED) is 0.110. The maximum Gasteiger partial charge on any atom is 0.215 e. The fraction of sp³-hybridized carbons (Fsp3) is 0.707. The third-order valence-electron chi connectivity index (χ3n) is 8.88. The molecule has 2 aromatic carbocycles. The van der Waals surface area contributed by atoms with E-state index in [1.54, 1.807) is 7.11 Å². The number of ether oxygens (including phenoxy) is 3. The maximum absolute atomic E-state index is 12.0. The van der Waals surface area contributed by atoms with Gasteiger partial charge in [-0.15, -0.1) is 0 Å². The van der Waals surface area contributed by atoms with E-state index in [0.29, 0.717) is 12.2 Å². The number of hydrogen-bond acceptors (Lipinski definition) is 9. The van der Waals surface area contributed by atoms with Crippen molar-refractivity contribution in [1.82, 2.24) is 0 Å². The molecule has 6 unspecified atom stereocenters. The maximum atomic E-state index is 12.0. The predicted molar refractivity (Wildman–Crippen MR) is 237 cm³/mol. The highest BCUT2D eigenvalue weighted by Gasteiger charge is 2.62. The van der Waals surface area contributed by atoms with Crippen molar-refractivity contribution in [2.75, 3.05) is 13.7 Å². The van der Waals surface area contributed by atoms with Crippen LogP contribution in [0, 0.1) is 0 Å². The molecular weight excluding hydrogens is 777 g/mol. The fourth-order valence-corrected chi connectivity index (χ4v) is 11.6. The highest BCUT2D eigenvalue weighted by molar-refractivity contribution is 6.71. The predicted octanol–water partition coefficient (Wildman–Crippen LogP) is 10.1. The standard InChI is InChI=1S/C41H76O9Si5/c1-20-30-21-23-31(24-22-30)36(42)32-25-26-33(28-44-40(2,3)43-4)34(27-32)41(50-55(17,18)19)39(49-54(14,15)16)38(48-53(11,12)13)37(47-52(8,9)10)35(46-41)29-45-51(5,6)7/h21-27,35-39,42H,20,28-29H2,1-19H3. The molecule has 1 N–H and O–H groups in total. The summed E-state index contributed by atoms with van der Waals surface area (Å²) in [6.45, 7) is 39.3. The summed E-state index contributed by atoms with van der Waals surface area (Å²) in [4.78, 5) is 0. The summed E-state index contributed by atoms with van der Waals surface area (Å²) in [7, 11) is -9.70. The van der Waals surface area contributed by atoms with Crippen molar-refractivity contribution >= 4 is 41.6 Å². The molecule has 0 bridgehead atoms. The smallest absolute Gasteiger partial charge is 0.215 e. The van der Waals surface area contributed by atoms with Crippen LogP contribution in [0.25, 0.3) is 0 Å². The first-order valence-electron chi connectivity index (χ1n) is 20.0. The van der Waals surface area contributed by atoms with Gasteiger partial charge in [0.1, 0.15) is 30.5 Å². The molecular formula is C41H76O9Si5. The summed E-state index contributed by atoms with van der Waals surface area (Å²) in [5.74, 6) is -2.35. The van der Waals surface area contributed by atoms with Gasteiger partial charge >= 0.3 is 0 Å². The van der Waals surface area contributed by atoms with E-state index in [9.17, 15) is 5.11 Å². The Kier molecular flexibility index (Phi) is 16.1. The zero-order valence-corrected chi connectivity index (χ0v) is 42.8. The zero-order valence-electron chi connectivity index (χ0n) is 37.8. The van der Waals surface area contributed by atoms with Gasteiger partial charge in [-0.1, -0.05) is 43.3 Å². The molecule has 314 valence electrons. The molecule has 1 aliphatic heterocycles. The van der Waals surface area contributed by atoms with Crippen LogP contribution in [0.2, 0.25) is 98.2 Å². The molecule has 1 saturated heterocycles. The van der Waals surface area contributed by atoms with Crippen molar-refractivity contribution in [3.8, 4) is 0 Å². The molecule has 1 fully saturated rings. The number of hydrogen-bond donors (Lipinski definition) is 1. The van der Waals surface area contributed by atoms with Gasteiger partial charge in [-0.2, -0.15) is 0 Å². The molecule has 0 aromatic heterocycles. The largest absolute Gasteiger partial charge is 0.415 e. The number of methoxy groups -OCH3 is 1. The van der Waals surface area contributed by atoms with Crippen LogP contribution in [0.15, 0.2) is 42.5 Å². The molecule has 14 heteroatoms. The molecule has 0 aliphatic carbocycles. The van der Waals surface area contributed by atoms with Crippen molar-refractivity contribution in [3.63, 3.8) is 0 Å².